The minimum Gasteiger partial charge on any atom is -0.508 e. The largest absolute Gasteiger partial charge is 0.508 e. The summed E-state index contributed by atoms with van der Waals surface area (Å²) >= 11 is 0. The highest BCUT2D eigenvalue weighted by atomic mass is 16.6. The van der Waals surface area contributed by atoms with E-state index in [0.29, 0.717) is 0 Å². The second-order valence-corrected chi connectivity index (χ2v) is 5.15. The first-order valence-corrected chi connectivity index (χ1v) is 6.48. The summed E-state index contributed by atoms with van der Waals surface area (Å²) in [6.07, 6.45) is 2.83. The van der Waals surface area contributed by atoms with Gasteiger partial charge in [-0.1, -0.05) is 0 Å². The number of nitrogens with one attached hydrogen (secondary N) is 1. The van der Waals surface area contributed by atoms with Crippen LogP contribution in [0.25, 0.3) is 0 Å². The van der Waals surface area contributed by atoms with E-state index in [1.54, 1.807) is 0 Å². The van der Waals surface area contributed by atoms with Gasteiger partial charge in [0, 0.05) is 6.07 Å². The zero-order chi connectivity index (χ0) is 14.3. The number of hydrogen-bond acceptors (Lipinski definition) is 5. The second kappa shape index (κ2) is 4.75. The zero-order valence-corrected chi connectivity index (χ0v) is 10.6. The molecule has 106 valence electrons. The molecule has 0 spiro atoms. The molecule has 20 heavy (non-hydrogen) atoms. The van der Waals surface area contributed by atoms with Gasteiger partial charge in [0.25, 0.3) is 11.6 Å². The summed E-state index contributed by atoms with van der Waals surface area (Å²) in [6.45, 7) is 0. The van der Waals surface area contributed by atoms with Crippen LogP contribution in [0.1, 0.15) is 29.6 Å². The predicted octanol–water partition coefficient (Wildman–Crippen LogP) is 1.35. The van der Waals surface area contributed by atoms with E-state index in [4.69, 9.17) is 4.74 Å². The van der Waals surface area contributed by atoms with Gasteiger partial charge < -0.3 is 15.2 Å². The molecule has 1 amide bonds. The first kappa shape index (κ1) is 12.9. The van der Waals surface area contributed by atoms with Crippen molar-refractivity contribution in [3.05, 3.63) is 33.9 Å². The van der Waals surface area contributed by atoms with Crippen molar-refractivity contribution in [1.82, 2.24) is 5.32 Å². The van der Waals surface area contributed by atoms with Gasteiger partial charge in [-0.05, 0) is 31.4 Å². The van der Waals surface area contributed by atoms with Crippen LogP contribution >= 0.6 is 0 Å². The number of nitro groups is 1. The Hall–Kier alpha value is -2.15. The van der Waals surface area contributed by atoms with Gasteiger partial charge in [-0.2, -0.15) is 0 Å². The van der Waals surface area contributed by atoms with Gasteiger partial charge in [0.2, 0.25) is 0 Å². The van der Waals surface area contributed by atoms with E-state index in [-0.39, 0.29) is 35.3 Å². The minimum absolute atomic E-state index is 0.000292. The SMILES string of the molecule is O=C(NC1CC2CCC1O2)c1cc(O)ccc1[N+](=O)[O-]. The van der Waals surface area contributed by atoms with Gasteiger partial charge in [-0.25, -0.2) is 0 Å². The van der Waals surface area contributed by atoms with Crippen LogP contribution in [0.15, 0.2) is 18.2 Å². The molecule has 3 atom stereocenters. The fourth-order valence-corrected chi connectivity index (χ4v) is 2.90. The molecular weight excluding hydrogens is 264 g/mol. The first-order chi connectivity index (χ1) is 9.54. The van der Waals surface area contributed by atoms with Gasteiger partial charge in [-0.15, -0.1) is 0 Å². The van der Waals surface area contributed by atoms with Crippen molar-refractivity contribution < 1.29 is 19.6 Å². The maximum Gasteiger partial charge on any atom is 0.282 e. The molecular formula is C13H14N2O5. The number of carbonyl (C=O) groups is 1. The summed E-state index contributed by atoms with van der Waals surface area (Å²) < 4.78 is 5.63. The number of phenols is 1. The Bertz CT molecular complexity index is 574. The van der Waals surface area contributed by atoms with E-state index in [2.05, 4.69) is 5.32 Å². The fraction of sp³-hybridized carbons (Fsp3) is 0.462. The van der Waals surface area contributed by atoms with Gasteiger partial charge in [0.05, 0.1) is 23.2 Å². The van der Waals surface area contributed by atoms with Crippen molar-refractivity contribution in [3.8, 4) is 5.75 Å². The number of nitro benzene ring substituents is 1. The van der Waals surface area contributed by atoms with E-state index < -0.39 is 10.8 Å². The molecule has 2 fully saturated rings. The number of ether oxygens (including phenoxy) is 1. The summed E-state index contributed by atoms with van der Waals surface area (Å²) in [7, 11) is 0. The molecule has 0 aromatic heterocycles. The van der Waals surface area contributed by atoms with E-state index in [0.717, 1.165) is 31.4 Å². The van der Waals surface area contributed by atoms with Gasteiger partial charge >= 0.3 is 0 Å². The average molecular weight is 278 g/mol. The van der Waals surface area contributed by atoms with Crippen LogP contribution < -0.4 is 5.32 Å². The summed E-state index contributed by atoms with van der Waals surface area (Å²) in [4.78, 5) is 22.5. The number of aromatic hydroxyl groups is 1. The van der Waals surface area contributed by atoms with E-state index in [1.807, 2.05) is 0 Å². The lowest BCUT2D eigenvalue weighted by atomic mass is 9.95. The Kier molecular flexibility index (Phi) is 3.06. The molecule has 2 bridgehead atoms. The summed E-state index contributed by atoms with van der Waals surface area (Å²) in [5.41, 5.74) is -0.442. The Morgan fingerprint density at radius 1 is 1.45 bits per heavy atom. The quantitative estimate of drug-likeness (QED) is 0.642. The molecule has 3 unspecified atom stereocenters. The Balaban J connectivity index is 1.80. The van der Waals surface area contributed by atoms with E-state index >= 15 is 0 Å². The molecule has 0 aliphatic carbocycles. The molecule has 2 heterocycles. The van der Waals surface area contributed by atoms with Crippen LogP contribution in [-0.4, -0.2) is 34.2 Å². The fourth-order valence-electron chi connectivity index (χ4n) is 2.90. The molecule has 1 aromatic rings. The highest BCUT2D eigenvalue weighted by Crippen LogP contribution is 2.34. The number of nitrogens with zero attached hydrogens (tertiary/aromatic N) is 1. The highest BCUT2D eigenvalue weighted by Gasteiger charge is 2.41. The second-order valence-electron chi connectivity index (χ2n) is 5.15. The molecule has 2 saturated heterocycles. The standard InChI is InChI=1S/C13H14N2O5/c16-7-1-3-11(15(18)19)9(5-7)13(17)14-10-6-8-2-4-12(10)20-8/h1,3,5,8,10,12,16H,2,4,6H2,(H,14,17). The number of carbonyl (C=O) groups excluding carboxylic acids is 1. The van der Waals surface area contributed by atoms with Gasteiger partial charge in [0.15, 0.2) is 0 Å². The molecule has 3 rings (SSSR count). The molecule has 1 aromatic carbocycles. The summed E-state index contributed by atoms with van der Waals surface area (Å²) in [5.74, 6) is -0.723. The Morgan fingerprint density at radius 3 is 2.85 bits per heavy atom. The number of fused-ring (bicyclic) bond motifs is 2. The van der Waals surface area contributed by atoms with Crippen molar-refractivity contribution in [2.24, 2.45) is 0 Å². The monoisotopic (exact) mass is 278 g/mol. The minimum atomic E-state index is -0.633. The van der Waals surface area contributed by atoms with Crippen molar-refractivity contribution in [2.45, 2.75) is 37.5 Å². The van der Waals surface area contributed by atoms with Crippen LogP contribution in [0.4, 0.5) is 5.69 Å². The molecule has 2 aliphatic heterocycles. The van der Waals surface area contributed by atoms with Crippen LogP contribution in [-0.2, 0) is 4.74 Å². The van der Waals surface area contributed by atoms with Crippen molar-refractivity contribution in [2.75, 3.05) is 0 Å². The lowest BCUT2D eigenvalue weighted by molar-refractivity contribution is -0.385. The number of phenolic OH excluding ortho intramolecular Hbond substituents is 1. The van der Waals surface area contributed by atoms with Crippen molar-refractivity contribution in [1.29, 1.82) is 0 Å². The third-order valence-corrected chi connectivity index (χ3v) is 3.84. The predicted molar refractivity (Wildman–Crippen MR) is 68.5 cm³/mol. The van der Waals surface area contributed by atoms with Crippen LogP contribution in [0.3, 0.4) is 0 Å². The first-order valence-electron chi connectivity index (χ1n) is 6.48. The molecule has 0 radical (unpaired) electrons. The van der Waals surface area contributed by atoms with Gasteiger partial charge in [-0.3, -0.25) is 14.9 Å². The maximum atomic E-state index is 12.2. The number of hydrogen-bond donors (Lipinski definition) is 2. The van der Waals surface area contributed by atoms with Gasteiger partial charge in [0.1, 0.15) is 11.3 Å². The summed E-state index contributed by atoms with van der Waals surface area (Å²) in [6, 6.07) is 3.32. The lowest BCUT2D eigenvalue weighted by Crippen LogP contribution is -2.41. The molecule has 2 N–H and O–H groups in total. The topological polar surface area (TPSA) is 102 Å². The Morgan fingerprint density at radius 2 is 2.25 bits per heavy atom. The molecule has 7 heteroatoms. The van der Waals surface area contributed by atoms with E-state index in [9.17, 15) is 20.0 Å². The Labute approximate surface area is 114 Å². The average Bonchev–Trinajstić information content (AvgIpc) is 3.00. The number of amides is 1. The van der Waals surface area contributed by atoms with Crippen LogP contribution in [0, 0.1) is 10.1 Å². The number of rotatable bonds is 3. The number of benzene rings is 1. The van der Waals surface area contributed by atoms with Crippen LogP contribution in [0.2, 0.25) is 0 Å². The molecule has 2 aliphatic rings. The summed E-state index contributed by atoms with van der Waals surface area (Å²) in [5, 5.41) is 23.1. The van der Waals surface area contributed by atoms with Crippen molar-refractivity contribution >= 4 is 11.6 Å². The maximum absolute atomic E-state index is 12.2. The third kappa shape index (κ3) is 2.20. The smallest absolute Gasteiger partial charge is 0.282 e. The van der Waals surface area contributed by atoms with Crippen LogP contribution in [0.5, 0.6) is 5.75 Å². The molecule has 7 nitrogen and oxygen atoms in total. The highest BCUT2D eigenvalue weighted by molar-refractivity contribution is 5.98. The zero-order valence-electron chi connectivity index (χ0n) is 10.6. The third-order valence-electron chi connectivity index (χ3n) is 3.84. The normalized spacial score (nSPS) is 27.5. The van der Waals surface area contributed by atoms with Crippen molar-refractivity contribution in [3.63, 3.8) is 0 Å². The van der Waals surface area contributed by atoms with E-state index in [1.165, 1.54) is 6.07 Å². The lowest BCUT2D eigenvalue weighted by Gasteiger charge is -2.19. The molecule has 0 saturated carbocycles.